The Morgan fingerprint density at radius 3 is 2.88 bits per heavy atom. The van der Waals surface area contributed by atoms with Crippen molar-refractivity contribution in [1.82, 2.24) is 19.7 Å². The summed E-state index contributed by atoms with van der Waals surface area (Å²) in [6.45, 7) is 0.0223. The molecule has 2 aromatic heterocycles. The molecule has 88 valence electrons. The van der Waals surface area contributed by atoms with Crippen molar-refractivity contribution in [2.75, 3.05) is 11.1 Å². The van der Waals surface area contributed by atoms with Gasteiger partial charge >= 0.3 is 0 Å². The molecule has 0 aliphatic rings. The Kier molecular flexibility index (Phi) is 3.20. The molecule has 1 amide bonds. The molecule has 17 heavy (non-hydrogen) atoms. The van der Waals surface area contributed by atoms with Crippen molar-refractivity contribution in [3.8, 4) is 0 Å². The van der Waals surface area contributed by atoms with Crippen molar-refractivity contribution >= 4 is 29.3 Å². The van der Waals surface area contributed by atoms with E-state index < -0.39 is 0 Å². The molecule has 3 N–H and O–H groups in total. The van der Waals surface area contributed by atoms with Crippen LogP contribution in [0.2, 0.25) is 5.02 Å². The molecule has 0 aliphatic carbocycles. The number of hydrogen-bond donors (Lipinski definition) is 2. The van der Waals surface area contributed by atoms with Crippen molar-refractivity contribution in [3.05, 3.63) is 29.7 Å². The Bertz CT molecular complexity index is 523. The molecule has 0 spiro atoms. The normalized spacial score (nSPS) is 10.2. The highest BCUT2D eigenvalue weighted by atomic mass is 35.5. The van der Waals surface area contributed by atoms with Crippen LogP contribution in [0.25, 0.3) is 0 Å². The highest BCUT2D eigenvalue weighted by molar-refractivity contribution is 6.30. The third-order valence-corrected chi connectivity index (χ3v) is 2.08. The Morgan fingerprint density at radius 1 is 1.47 bits per heavy atom. The maximum absolute atomic E-state index is 11.6. The lowest BCUT2D eigenvalue weighted by Crippen LogP contribution is -2.19. The summed E-state index contributed by atoms with van der Waals surface area (Å²) in [5.41, 5.74) is 5.32. The van der Waals surface area contributed by atoms with E-state index in [4.69, 9.17) is 17.3 Å². The molecular formula is C9H9ClN6O. The van der Waals surface area contributed by atoms with Crippen LogP contribution >= 0.6 is 11.6 Å². The molecule has 0 unspecified atom stereocenters. The quantitative estimate of drug-likeness (QED) is 0.831. The highest BCUT2D eigenvalue weighted by Crippen LogP contribution is 2.09. The molecule has 0 atom stereocenters. The van der Waals surface area contributed by atoms with E-state index in [2.05, 4.69) is 20.4 Å². The molecule has 2 heterocycles. The van der Waals surface area contributed by atoms with Gasteiger partial charge in [0.25, 0.3) is 0 Å². The van der Waals surface area contributed by atoms with Gasteiger partial charge in [0.05, 0.1) is 5.02 Å². The van der Waals surface area contributed by atoms with Gasteiger partial charge in [-0.3, -0.25) is 4.79 Å². The largest absolute Gasteiger partial charge is 0.367 e. The molecule has 0 fully saturated rings. The van der Waals surface area contributed by atoms with E-state index in [9.17, 15) is 4.79 Å². The average molecular weight is 253 g/mol. The van der Waals surface area contributed by atoms with E-state index in [0.29, 0.717) is 10.8 Å². The van der Waals surface area contributed by atoms with Crippen LogP contribution in [-0.4, -0.2) is 25.7 Å². The van der Waals surface area contributed by atoms with Crippen molar-refractivity contribution in [2.24, 2.45) is 0 Å². The minimum Gasteiger partial charge on any atom is -0.367 e. The fourth-order valence-corrected chi connectivity index (χ4v) is 1.28. The molecule has 8 heteroatoms. The standard InChI is InChI=1S/C9H9ClN6O/c10-6-1-2-7(12-3-6)14-8(17)4-16-5-13-9(11)15-16/h1-3,5H,4H2,(H2,11,15)(H,12,14,17). The number of nitrogens with one attached hydrogen (secondary N) is 1. The van der Waals surface area contributed by atoms with Gasteiger partial charge in [0.1, 0.15) is 18.7 Å². The van der Waals surface area contributed by atoms with Crippen LogP contribution in [0.3, 0.4) is 0 Å². The second-order valence-electron chi connectivity index (χ2n) is 3.21. The Hall–Kier alpha value is -2.15. The van der Waals surface area contributed by atoms with E-state index >= 15 is 0 Å². The van der Waals surface area contributed by atoms with Crippen molar-refractivity contribution in [2.45, 2.75) is 6.54 Å². The molecule has 0 saturated carbocycles. The van der Waals surface area contributed by atoms with Crippen LogP contribution in [0.4, 0.5) is 11.8 Å². The van der Waals surface area contributed by atoms with Crippen LogP contribution in [0, 0.1) is 0 Å². The second kappa shape index (κ2) is 4.79. The molecule has 0 radical (unpaired) electrons. The van der Waals surface area contributed by atoms with E-state index in [0.717, 1.165) is 0 Å². The molecule has 0 bridgehead atoms. The Balaban J connectivity index is 1.95. The summed E-state index contributed by atoms with van der Waals surface area (Å²) in [7, 11) is 0. The minimum absolute atomic E-state index is 0.0223. The van der Waals surface area contributed by atoms with Gasteiger partial charge in [-0.25, -0.2) is 14.6 Å². The average Bonchev–Trinajstić information content (AvgIpc) is 2.67. The highest BCUT2D eigenvalue weighted by Gasteiger charge is 2.05. The molecular weight excluding hydrogens is 244 g/mol. The van der Waals surface area contributed by atoms with Crippen LogP contribution in [0.1, 0.15) is 0 Å². The summed E-state index contributed by atoms with van der Waals surface area (Å²) >= 11 is 5.67. The van der Waals surface area contributed by atoms with Gasteiger partial charge in [-0.15, -0.1) is 5.10 Å². The van der Waals surface area contributed by atoms with E-state index in [-0.39, 0.29) is 18.4 Å². The van der Waals surface area contributed by atoms with Crippen LogP contribution in [0.15, 0.2) is 24.7 Å². The van der Waals surface area contributed by atoms with Gasteiger partial charge in [0, 0.05) is 6.20 Å². The number of nitrogens with zero attached hydrogens (tertiary/aromatic N) is 4. The number of aromatic nitrogens is 4. The number of anilines is 2. The lowest BCUT2D eigenvalue weighted by Gasteiger charge is -2.03. The monoisotopic (exact) mass is 252 g/mol. The molecule has 2 rings (SSSR count). The lowest BCUT2D eigenvalue weighted by atomic mass is 10.4. The SMILES string of the molecule is Nc1ncn(CC(=O)Nc2ccc(Cl)cn2)n1. The topological polar surface area (TPSA) is 98.7 Å². The number of nitrogen functional groups attached to an aromatic ring is 1. The first-order valence-electron chi connectivity index (χ1n) is 4.70. The first-order chi connectivity index (χ1) is 8.13. The predicted octanol–water partition coefficient (Wildman–Crippen LogP) is 0.547. The fourth-order valence-electron chi connectivity index (χ4n) is 1.16. The molecule has 7 nitrogen and oxygen atoms in total. The number of halogens is 1. The van der Waals surface area contributed by atoms with Gasteiger partial charge in [0.2, 0.25) is 11.9 Å². The van der Waals surface area contributed by atoms with Crippen molar-refractivity contribution < 1.29 is 4.79 Å². The summed E-state index contributed by atoms with van der Waals surface area (Å²) < 4.78 is 1.33. The maximum Gasteiger partial charge on any atom is 0.247 e. The summed E-state index contributed by atoms with van der Waals surface area (Å²) in [5.74, 6) is 0.277. The third-order valence-electron chi connectivity index (χ3n) is 1.85. The number of pyridine rings is 1. The number of amides is 1. The summed E-state index contributed by atoms with van der Waals surface area (Å²) in [5, 5.41) is 6.88. The smallest absolute Gasteiger partial charge is 0.247 e. The number of nitrogens with two attached hydrogens (primary N) is 1. The van der Waals surface area contributed by atoms with Crippen molar-refractivity contribution in [3.63, 3.8) is 0 Å². The first-order valence-corrected chi connectivity index (χ1v) is 5.07. The third kappa shape index (κ3) is 3.15. The zero-order chi connectivity index (χ0) is 12.3. The number of carbonyl (C=O) groups is 1. The van der Waals surface area contributed by atoms with Crippen LogP contribution in [0.5, 0.6) is 0 Å². The van der Waals surface area contributed by atoms with Crippen LogP contribution < -0.4 is 11.1 Å². The lowest BCUT2D eigenvalue weighted by molar-refractivity contribution is -0.116. The van der Waals surface area contributed by atoms with E-state index in [1.165, 1.54) is 17.2 Å². The zero-order valence-corrected chi connectivity index (χ0v) is 9.42. The molecule has 0 aliphatic heterocycles. The second-order valence-corrected chi connectivity index (χ2v) is 3.65. The summed E-state index contributed by atoms with van der Waals surface area (Å²) in [4.78, 5) is 19.2. The van der Waals surface area contributed by atoms with Gasteiger partial charge in [-0.2, -0.15) is 0 Å². The number of rotatable bonds is 3. The van der Waals surface area contributed by atoms with Crippen molar-refractivity contribution in [1.29, 1.82) is 0 Å². The number of hydrogen-bond acceptors (Lipinski definition) is 5. The van der Waals surface area contributed by atoms with E-state index in [1.807, 2.05) is 0 Å². The van der Waals surface area contributed by atoms with E-state index in [1.54, 1.807) is 12.1 Å². The number of carbonyl (C=O) groups excluding carboxylic acids is 1. The van der Waals surface area contributed by atoms with Crippen LogP contribution in [-0.2, 0) is 11.3 Å². The van der Waals surface area contributed by atoms with Gasteiger partial charge in [-0.1, -0.05) is 11.6 Å². The summed E-state index contributed by atoms with van der Waals surface area (Å²) in [6, 6.07) is 3.24. The van der Waals surface area contributed by atoms with Gasteiger partial charge in [-0.05, 0) is 12.1 Å². The predicted molar refractivity (Wildman–Crippen MR) is 62.3 cm³/mol. The first kappa shape index (κ1) is 11.3. The zero-order valence-electron chi connectivity index (χ0n) is 8.67. The molecule has 0 aromatic carbocycles. The fraction of sp³-hybridized carbons (Fsp3) is 0.111. The summed E-state index contributed by atoms with van der Waals surface area (Å²) in [6.07, 6.45) is 2.83. The maximum atomic E-state index is 11.6. The Morgan fingerprint density at radius 2 is 2.29 bits per heavy atom. The van der Waals surface area contributed by atoms with Gasteiger partial charge < -0.3 is 11.1 Å². The molecule has 0 saturated heterocycles. The Labute approximate surface area is 102 Å². The minimum atomic E-state index is -0.273. The molecule has 2 aromatic rings. The van der Waals surface area contributed by atoms with Gasteiger partial charge in [0.15, 0.2) is 0 Å².